The maximum absolute atomic E-state index is 5.91. The molecule has 0 bridgehead atoms. The Morgan fingerprint density at radius 3 is 2.75 bits per heavy atom. The minimum absolute atomic E-state index is 0.0996. The number of unbranched alkanes of at least 4 members (excludes halogenated alkanes) is 1. The first-order valence-electron chi connectivity index (χ1n) is 5.61. The van der Waals surface area contributed by atoms with E-state index in [1.807, 2.05) is 24.4 Å². The number of halogens is 1. The summed E-state index contributed by atoms with van der Waals surface area (Å²) in [6.07, 6.45) is 6.80. The molecule has 0 saturated heterocycles. The van der Waals surface area contributed by atoms with Gasteiger partial charge in [0, 0.05) is 0 Å². The number of hydrogen-bond acceptors (Lipinski definition) is 1. The van der Waals surface area contributed by atoms with E-state index in [0.717, 1.165) is 25.8 Å². The Morgan fingerprint density at radius 1 is 1.31 bits per heavy atom. The minimum Gasteiger partial charge on any atom is -0.293 e. The van der Waals surface area contributed by atoms with Crippen molar-refractivity contribution >= 4 is 17.8 Å². The molecular weight excluding hydrogens is 218 g/mol. The number of allylic oxidation sites excluding steroid dienone is 1. The molecule has 0 spiro atoms. The lowest BCUT2D eigenvalue weighted by atomic mass is 10.2. The molecule has 1 aromatic rings. The van der Waals surface area contributed by atoms with Gasteiger partial charge in [-0.2, -0.15) is 0 Å². The van der Waals surface area contributed by atoms with Crippen LogP contribution in [0.15, 0.2) is 48.0 Å². The zero-order valence-electron chi connectivity index (χ0n) is 9.48. The zero-order valence-corrected chi connectivity index (χ0v) is 10.2. The molecule has 2 heteroatoms. The van der Waals surface area contributed by atoms with Gasteiger partial charge in [-0.1, -0.05) is 36.4 Å². The van der Waals surface area contributed by atoms with Gasteiger partial charge in [-0.3, -0.25) is 4.99 Å². The minimum atomic E-state index is 0.0996. The van der Waals surface area contributed by atoms with Crippen LogP contribution in [0.25, 0.3) is 0 Å². The maximum Gasteiger partial charge on any atom is 0.0635 e. The van der Waals surface area contributed by atoms with E-state index in [-0.39, 0.29) is 5.38 Å². The SMILES string of the molecule is C=CC(Cl)CCCC=NCc1ccccc1. The van der Waals surface area contributed by atoms with Gasteiger partial charge in [-0.25, -0.2) is 0 Å². The second kappa shape index (κ2) is 8.12. The second-order valence-corrected chi connectivity index (χ2v) is 4.25. The molecule has 0 saturated carbocycles. The van der Waals surface area contributed by atoms with Crippen LogP contribution in [0.5, 0.6) is 0 Å². The summed E-state index contributed by atoms with van der Waals surface area (Å²) in [5, 5.41) is 0.0996. The van der Waals surface area contributed by atoms with Gasteiger partial charge >= 0.3 is 0 Å². The third-order valence-electron chi connectivity index (χ3n) is 2.31. The summed E-state index contributed by atoms with van der Waals surface area (Å²) in [4.78, 5) is 4.37. The van der Waals surface area contributed by atoms with Gasteiger partial charge in [0.05, 0.1) is 11.9 Å². The third kappa shape index (κ3) is 5.72. The Morgan fingerprint density at radius 2 is 2.06 bits per heavy atom. The summed E-state index contributed by atoms with van der Waals surface area (Å²) in [6, 6.07) is 10.3. The van der Waals surface area contributed by atoms with E-state index in [0.29, 0.717) is 0 Å². The van der Waals surface area contributed by atoms with Gasteiger partial charge in [0.1, 0.15) is 0 Å². The lowest BCUT2D eigenvalue weighted by Gasteiger charge is -2.00. The standard InChI is InChI=1S/C14H18ClN/c1-2-14(15)10-6-7-11-16-12-13-8-4-3-5-9-13/h2-5,8-9,11,14H,1,6-7,10,12H2. The molecule has 0 amide bonds. The highest BCUT2D eigenvalue weighted by molar-refractivity contribution is 6.21. The number of alkyl halides is 1. The number of hydrogen-bond donors (Lipinski definition) is 0. The van der Waals surface area contributed by atoms with E-state index >= 15 is 0 Å². The van der Waals surface area contributed by atoms with Crippen molar-refractivity contribution in [3.8, 4) is 0 Å². The van der Waals surface area contributed by atoms with Crippen molar-refractivity contribution in [2.75, 3.05) is 0 Å². The van der Waals surface area contributed by atoms with Crippen LogP contribution in [0.3, 0.4) is 0 Å². The average molecular weight is 236 g/mol. The Labute approximate surface area is 103 Å². The van der Waals surface area contributed by atoms with E-state index < -0.39 is 0 Å². The fraction of sp³-hybridized carbons (Fsp3) is 0.357. The molecule has 1 atom stereocenters. The smallest absolute Gasteiger partial charge is 0.0635 e. The first-order chi connectivity index (χ1) is 7.83. The average Bonchev–Trinajstić information content (AvgIpc) is 2.34. The Hall–Kier alpha value is -1.08. The van der Waals surface area contributed by atoms with Crippen LogP contribution in [0, 0.1) is 0 Å². The van der Waals surface area contributed by atoms with Gasteiger partial charge in [0.2, 0.25) is 0 Å². The number of nitrogens with zero attached hydrogens (tertiary/aromatic N) is 1. The first-order valence-corrected chi connectivity index (χ1v) is 6.05. The molecule has 1 nitrogen and oxygen atoms in total. The van der Waals surface area contributed by atoms with Crippen molar-refractivity contribution in [3.05, 3.63) is 48.6 Å². The number of benzene rings is 1. The predicted molar refractivity (Wildman–Crippen MR) is 72.3 cm³/mol. The van der Waals surface area contributed by atoms with Crippen molar-refractivity contribution in [3.63, 3.8) is 0 Å². The lowest BCUT2D eigenvalue weighted by Crippen LogP contribution is -1.92. The summed E-state index contributed by atoms with van der Waals surface area (Å²) in [6.45, 7) is 4.42. The van der Waals surface area contributed by atoms with E-state index in [4.69, 9.17) is 11.6 Å². The van der Waals surface area contributed by atoms with Gasteiger partial charge in [0.25, 0.3) is 0 Å². The molecule has 0 aromatic heterocycles. The van der Waals surface area contributed by atoms with Gasteiger partial charge < -0.3 is 0 Å². The fourth-order valence-corrected chi connectivity index (χ4v) is 1.52. The fourth-order valence-electron chi connectivity index (χ4n) is 1.37. The van der Waals surface area contributed by atoms with Crippen LogP contribution in [-0.4, -0.2) is 11.6 Å². The summed E-state index contributed by atoms with van der Waals surface area (Å²) in [5.74, 6) is 0. The molecule has 0 aliphatic heterocycles. The normalized spacial score (nSPS) is 12.8. The molecular formula is C14H18ClN. The Kier molecular flexibility index (Phi) is 6.59. The summed E-state index contributed by atoms with van der Waals surface area (Å²) in [5.41, 5.74) is 1.25. The summed E-state index contributed by atoms with van der Waals surface area (Å²) >= 11 is 5.91. The largest absolute Gasteiger partial charge is 0.293 e. The molecule has 1 aromatic carbocycles. The molecule has 0 fully saturated rings. The second-order valence-electron chi connectivity index (χ2n) is 3.69. The van der Waals surface area contributed by atoms with Crippen LogP contribution in [0.4, 0.5) is 0 Å². The molecule has 86 valence electrons. The molecule has 0 N–H and O–H groups in total. The van der Waals surface area contributed by atoms with E-state index in [2.05, 4.69) is 23.7 Å². The first kappa shape index (κ1) is 13.0. The van der Waals surface area contributed by atoms with Crippen molar-refractivity contribution in [1.29, 1.82) is 0 Å². The highest BCUT2D eigenvalue weighted by Crippen LogP contribution is 2.07. The zero-order chi connectivity index (χ0) is 11.6. The van der Waals surface area contributed by atoms with Crippen LogP contribution >= 0.6 is 11.6 Å². The molecule has 16 heavy (non-hydrogen) atoms. The topological polar surface area (TPSA) is 12.4 Å². The Bertz CT molecular complexity index is 319. The summed E-state index contributed by atoms with van der Waals surface area (Å²) < 4.78 is 0. The van der Waals surface area contributed by atoms with Crippen molar-refractivity contribution in [2.24, 2.45) is 4.99 Å². The van der Waals surface area contributed by atoms with Crippen molar-refractivity contribution < 1.29 is 0 Å². The molecule has 0 aliphatic rings. The van der Waals surface area contributed by atoms with Gasteiger partial charge in [-0.15, -0.1) is 18.2 Å². The highest BCUT2D eigenvalue weighted by atomic mass is 35.5. The van der Waals surface area contributed by atoms with Crippen molar-refractivity contribution in [2.45, 2.75) is 31.2 Å². The maximum atomic E-state index is 5.91. The van der Waals surface area contributed by atoms with Crippen LogP contribution < -0.4 is 0 Å². The van der Waals surface area contributed by atoms with Crippen LogP contribution in [0.1, 0.15) is 24.8 Å². The predicted octanol–water partition coefficient (Wildman–Crippen LogP) is 4.22. The monoisotopic (exact) mass is 235 g/mol. The van der Waals surface area contributed by atoms with Crippen LogP contribution in [-0.2, 0) is 6.54 Å². The molecule has 0 aliphatic carbocycles. The molecule has 1 rings (SSSR count). The Balaban J connectivity index is 2.12. The van der Waals surface area contributed by atoms with E-state index in [1.54, 1.807) is 6.08 Å². The third-order valence-corrected chi connectivity index (χ3v) is 2.71. The quantitative estimate of drug-likeness (QED) is 0.290. The number of aliphatic imine (C=N–C) groups is 1. The van der Waals surface area contributed by atoms with E-state index in [9.17, 15) is 0 Å². The molecule has 1 unspecified atom stereocenters. The molecule has 0 heterocycles. The van der Waals surface area contributed by atoms with Gasteiger partial charge in [-0.05, 0) is 31.0 Å². The van der Waals surface area contributed by atoms with Crippen molar-refractivity contribution in [1.82, 2.24) is 0 Å². The number of rotatable bonds is 7. The van der Waals surface area contributed by atoms with Crippen LogP contribution in [0.2, 0.25) is 0 Å². The molecule has 0 radical (unpaired) electrons. The lowest BCUT2D eigenvalue weighted by molar-refractivity contribution is 0.787. The highest BCUT2D eigenvalue weighted by Gasteiger charge is 1.96. The summed E-state index contributed by atoms with van der Waals surface area (Å²) in [7, 11) is 0. The van der Waals surface area contributed by atoms with E-state index in [1.165, 1.54) is 5.56 Å². The van der Waals surface area contributed by atoms with Gasteiger partial charge in [0.15, 0.2) is 0 Å².